The van der Waals surface area contributed by atoms with E-state index in [9.17, 15) is 9.90 Å². The maximum atomic E-state index is 13.0. The van der Waals surface area contributed by atoms with Gasteiger partial charge in [-0.15, -0.1) is 0 Å². The largest absolute Gasteiger partial charge is 0.392 e. The van der Waals surface area contributed by atoms with Gasteiger partial charge in [-0.25, -0.2) is 0 Å². The first-order valence-corrected chi connectivity index (χ1v) is 10.3. The van der Waals surface area contributed by atoms with Gasteiger partial charge in [0.15, 0.2) is 0 Å². The van der Waals surface area contributed by atoms with E-state index in [0.29, 0.717) is 12.3 Å². The average molecular weight is 347 g/mol. The number of carbonyl (C=O) groups is 1. The highest BCUT2D eigenvalue weighted by molar-refractivity contribution is 8.00. The van der Waals surface area contributed by atoms with E-state index in [4.69, 9.17) is 0 Å². The lowest BCUT2D eigenvalue weighted by molar-refractivity contribution is -0.127. The fourth-order valence-electron chi connectivity index (χ4n) is 4.63. The smallest absolute Gasteiger partial charge is 0.143 e. The Morgan fingerprint density at radius 3 is 2.33 bits per heavy atom. The van der Waals surface area contributed by atoms with E-state index in [1.807, 2.05) is 11.8 Å². The van der Waals surface area contributed by atoms with E-state index < -0.39 is 6.10 Å². The summed E-state index contributed by atoms with van der Waals surface area (Å²) in [6, 6.07) is 4.27. The topological polar surface area (TPSA) is 37.3 Å². The summed E-state index contributed by atoms with van der Waals surface area (Å²) >= 11 is 2.04. The SMILES string of the molecule is CCCSC1(C2CC(=O)C(c3c(C)cc(C)cc3C)C(O)C2)CC1. The molecule has 1 aromatic carbocycles. The van der Waals surface area contributed by atoms with Crippen LogP contribution in [0.5, 0.6) is 0 Å². The van der Waals surface area contributed by atoms with Crippen LogP contribution in [0.15, 0.2) is 12.1 Å². The Morgan fingerprint density at radius 1 is 1.21 bits per heavy atom. The van der Waals surface area contributed by atoms with Crippen LogP contribution in [0.1, 0.15) is 67.2 Å². The minimum absolute atomic E-state index is 0.247. The van der Waals surface area contributed by atoms with Crippen molar-refractivity contribution in [3.63, 3.8) is 0 Å². The van der Waals surface area contributed by atoms with Crippen molar-refractivity contribution >= 4 is 17.5 Å². The van der Waals surface area contributed by atoms with Gasteiger partial charge in [0.1, 0.15) is 5.78 Å². The summed E-state index contributed by atoms with van der Waals surface area (Å²) < 4.78 is 0.287. The summed E-state index contributed by atoms with van der Waals surface area (Å²) in [4.78, 5) is 13.0. The quantitative estimate of drug-likeness (QED) is 0.839. The van der Waals surface area contributed by atoms with E-state index in [-0.39, 0.29) is 16.4 Å². The molecule has 0 bridgehead atoms. The fourth-order valence-corrected chi connectivity index (χ4v) is 6.05. The number of hydrogen-bond donors (Lipinski definition) is 1. The molecule has 24 heavy (non-hydrogen) atoms. The highest BCUT2D eigenvalue weighted by Crippen LogP contribution is 2.58. The molecule has 2 nitrogen and oxygen atoms in total. The number of aryl methyl sites for hydroxylation is 3. The summed E-state index contributed by atoms with van der Waals surface area (Å²) in [5.74, 6) is 1.45. The average Bonchev–Trinajstić information content (AvgIpc) is 3.28. The molecular weight excluding hydrogens is 316 g/mol. The molecule has 3 atom stereocenters. The van der Waals surface area contributed by atoms with Crippen molar-refractivity contribution in [3.05, 3.63) is 34.4 Å². The molecule has 132 valence electrons. The molecule has 3 heteroatoms. The third kappa shape index (κ3) is 3.30. The fraction of sp³-hybridized carbons (Fsp3) is 0.667. The van der Waals surface area contributed by atoms with Crippen LogP contribution in [0.3, 0.4) is 0 Å². The molecule has 1 N–H and O–H groups in total. The zero-order chi connectivity index (χ0) is 17.5. The molecule has 2 aliphatic carbocycles. The lowest BCUT2D eigenvalue weighted by Crippen LogP contribution is -2.40. The number of ketones is 1. The highest BCUT2D eigenvalue weighted by atomic mass is 32.2. The van der Waals surface area contributed by atoms with Gasteiger partial charge in [0.05, 0.1) is 12.0 Å². The number of Topliss-reactive ketones (excluding diaryl/α,β-unsaturated/α-hetero) is 1. The van der Waals surface area contributed by atoms with Crippen molar-refractivity contribution in [2.75, 3.05) is 5.75 Å². The molecule has 0 radical (unpaired) electrons. The predicted octanol–water partition coefficient (Wildman–Crippen LogP) is 4.71. The molecule has 0 spiro atoms. The van der Waals surface area contributed by atoms with Gasteiger partial charge in [-0.05, 0) is 74.8 Å². The summed E-state index contributed by atoms with van der Waals surface area (Å²) in [5.41, 5.74) is 4.58. The maximum Gasteiger partial charge on any atom is 0.143 e. The number of thioether (sulfide) groups is 1. The van der Waals surface area contributed by atoms with E-state index in [1.165, 1.54) is 30.6 Å². The van der Waals surface area contributed by atoms with Crippen LogP contribution in [0, 0.1) is 26.7 Å². The molecule has 0 aliphatic heterocycles. The van der Waals surface area contributed by atoms with Gasteiger partial charge < -0.3 is 5.11 Å². The molecule has 1 aromatic rings. The Balaban J connectivity index is 1.81. The van der Waals surface area contributed by atoms with E-state index in [0.717, 1.165) is 23.1 Å². The van der Waals surface area contributed by atoms with Crippen LogP contribution in [-0.4, -0.2) is 27.5 Å². The monoisotopic (exact) mass is 346 g/mol. The van der Waals surface area contributed by atoms with Gasteiger partial charge in [-0.3, -0.25) is 4.79 Å². The number of hydrogen-bond acceptors (Lipinski definition) is 3. The van der Waals surface area contributed by atoms with Crippen LogP contribution in [-0.2, 0) is 4.79 Å². The summed E-state index contributed by atoms with van der Waals surface area (Å²) in [6.07, 6.45) is 4.51. The van der Waals surface area contributed by atoms with E-state index in [1.54, 1.807) is 0 Å². The maximum absolute atomic E-state index is 13.0. The van der Waals surface area contributed by atoms with Gasteiger partial charge in [-0.2, -0.15) is 11.8 Å². The molecule has 0 saturated heterocycles. The third-order valence-electron chi connectivity index (χ3n) is 5.83. The van der Waals surface area contributed by atoms with Crippen molar-refractivity contribution in [3.8, 4) is 0 Å². The van der Waals surface area contributed by atoms with Crippen LogP contribution in [0.4, 0.5) is 0 Å². The Labute approximate surface area is 150 Å². The standard InChI is InChI=1S/C21H30O2S/c1-5-8-24-21(6-7-21)16-11-17(22)20(18(23)12-16)19-14(3)9-13(2)10-15(19)4/h9-10,16-17,20,22H,5-8,11-12H2,1-4H3. The number of aliphatic hydroxyl groups excluding tert-OH is 1. The Bertz CT molecular complexity index is 610. The van der Waals surface area contributed by atoms with Crippen LogP contribution < -0.4 is 0 Å². The van der Waals surface area contributed by atoms with Gasteiger partial charge in [-0.1, -0.05) is 24.6 Å². The minimum atomic E-state index is -0.531. The first-order chi connectivity index (χ1) is 11.4. The second kappa shape index (κ2) is 6.84. The van der Waals surface area contributed by atoms with Gasteiger partial charge in [0, 0.05) is 11.2 Å². The second-order valence-electron chi connectivity index (χ2n) is 7.87. The summed E-state index contributed by atoms with van der Waals surface area (Å²) in [6.45, 7) is 8.44. The molecule has 0 amide bonds. The van der Waals surface area contributed by atoms with Crippen molar-refractivity contribution in [1.29, 1.82) is 0 Å². The van der Waals surface area contributed by atoms with Crippen molar-refractivity contribution < 1.29 is 9.90 Å². The van der Waals surface area contributed by atoms with Gasteiger partial charge in [0.25, 0.3) is 0 Å². The number of benzene rings is 1. The number of aliphatic hydroxyl groups is 1. The molecule has 2 saturated carbocycles. The molecule has 3 unspecified atom stereocenters. The van der Waals surface area contributed by atoms with E-state index in [2.05, 4.69) is 39.8 Å². The highest BCUT2D eigenvalue weighted by Gasteiger charge is 2.53. The summed E-state index contributed by atoms with van der Waals surface area (Å²) in [7, 11) is 0. The van der Waals surface area contributed by atoms with Crippen LogP contribution in [0.25, 0.3) is 0 Å². The van der Waals surface area contributed by atoms with Crippen LogP contribution >= 0.6 is 11.8 Å². The first kappa shape index (κ1) is 18.0. The van der Waals surface area contributed by atoms with Gasteiger partial charge in [0.2, 0.25) is 0 Å². The van der Waals surface area contributed by atoms with Crippen LogP contribution in [0.2, 0.25) is 0 Å². The molecule has 2 aliphatic rings. The molecule has 2 fully saturated rings. The number of rotatable bonds is 5. The molecule has 3 rings (SSSR count). The molecule has 0 aromatic heterocycles. The second-order valence-corrected chi connectivity index (χ2v) is 9.38. The minimum Gasteiger partial charge on any atom is -0.392 e. The predicted molar refractivity (Wildman–Crippen MR) is 102 cm³/mol. The Morgan fingerprint density at radius 2 is 1.83 bits per heavy atom. The third-order valence-corrected chi connectivity index (χ3v) is 7.76. The normalized spacial score (nSPS) is 28.9. The zero-order valence-corrected chi connectivity index (χ0v) is 16.2. The first-order valence-electron chi connectivity index (χ1n) is 9.30. The van der Waals surface area contributed by atoms with Crippen molar-refractivity contribution in [2.45, 2.75) is 76.6 Å². The van der Waals surface area contributed by atoms with Crippen molar-refractivity contribution in [2.24, 2.45) is 5.92 Å². The summed E-state index contributed by atoms with van der Waals surface area (Å²) in [5, 5.41) is 10.9. The Kier molecular flexibility index (Phi) is 5.13. The zero-order valence-electron chi connectivity index (χ0n) is 15.4. The lowest BCUT2D eigenvalue weighted by atomic mass is 9.72. The lowest BCUT2D eigenvalue weighted by Gasteiger charge is -2.37. The van der Waals surface area contributed by atoms with Crippen molar-refractivity contribution in [1.82, 2.24) is 0 Å². The number of carbonyl (C=O) groups excluding carboxylic acids is 1. The molecule has 0 heterocycles. The Hall–Kier alpha value is -0.800. The molecular formula is C21H30O2S. The van der Waals surface area contributed by atoms with Gasteiger partial charge >= 0.3 is 0 Å². The van der Waals surface area contributed by atoms with E-state index >= 15 is 0 Å².